The van der Waals surface area contributed by atoms with Gasteiger partial charge in [0, 0.05) is 11.9 Å². The minimum atomic E-state index is 0.652. The summed E-state index contributed by atoms with van der Waals surface area (Å²) in [6, 6.07) is 0. The molecule has 0 N–H and O–H groups in total. The van der Waals surface area contributed by atoms with Gasteiger partial charge in [0.25, 0.3) is 0 Å². The number of alkyl halides is 1. The van der Waals surface area contributed by atoms with E-state index in [1.807, 2.05) is 0 Å². The van der Waals surface area contributed by atoms with Crippen molar-refractivity contribution in [3.63, 3.8) is 0 Å². The molecule has 0 spiro atoms. The van der Waals surface area contributed by atoms with Crippen LogP contribution in [0.3, 0.4) is 0 Å². The number of halogens is 1. The van der Waals surface area contributed by atoms with E-state index in [-0.39, 0.29) is 0 Å². The normalized spacial score (nSPS) is 27.6. The quantitative estimate of drug-likeness (QED) is 0.707. The number of nitrogens with zero attached hydrogens (tertiary/aromatic N) is 1. The zero-order valence-electron chi connectivity index (χ0n) is 9.97. The van der Waals surface area contributed by atoms with Gasteiger partial charge < -0.3 is 4.90 Å². The lowest BCUT2D eigenvalue weighted by Gasteiger charge is -2.45. The van der Waals surface area contributed by atoms with Crippen LogP contribution in [0.4, 0.5) is 0 Å². The summed E-state index contributed by atoms with van der Waals surface area (Å²) < 4.78 is 0. The van der Waals surface area contributed by atoms with Crippen molar-refractivity contribution in [3.05, 3.63) is 0 Å². The van der Waals surface area contributed by atoms with Crippen LogP contribution in [-0.4, -0.2) is 29.9 Å². The van der Waals surface area contributed by atoms with E-state index in [4.69, 9.17) is 0 Å². The van der Waals surface area contributed by atoms with Crippen LogP contribution in [0.25, 0.3) is 0 Å². The van der Waals surface area contributed by atoms with Gasteiger partial charge in [-0.15, -0.1) is 0 Å². The molecule has 0 radical (unpaired) electrons. The summed E-state index contributed by atoms with van der Waals surface area (Å²) in [4.78, 5) is 2.71. The van der Waals surface area contributed by atoms with Crippen LogP contribution < -0.4 is 0 Å². The van der Waals surface area contributed by atoms with Crippen LogP contribution in [0.15, 0.2) is 0 Å². The molecule has 1 aliphatic carbocycles. The zero-order valence-corrected chi connectivity index (χ0v) is 11.6. The molecule has 1 saturated heterocycles. The lowest BCUT2D eigenvalue weighted by Crippen LogP contribution is -2.46. The molecule has 1 nitrogen and oxygen atoms in total. The Bertz CT molecular complexity index is 187. The first-order chi connectivity index (χ1) is 7.28. The van der Waals surface area contributed by atoms with Gasteiger partial charge in [-0.25, -0.2) is 0 Å². The van der Waals surface area contributed by atoms with E-state index in [9.17, 15) is 0 Å². The molecule has 0 unspecified atom stereocenters. The van der Waals surface area contributed by atoms with Gasteiger partial charge in [0.15, 0.2) is 0 Å². The van der Waals surface area contributed by atoms with Gasteiger partial charge in [-0.3, -0.25) is 0 Å². The SMILES string of the molecule is CCC1CCN(CC2(CBr)CCC2)CC1. The lowest BCUT2D eigenvalue weighted by molar-refractivity contribution is 0.0681. The Balaban J connectivity index is 1.76. The first kappa shape index (κ1) is 11.9. The third kappa shape index (κ3) is 2.76. The van der Waals surface area contributed by atoms with Crippen LogP contribution >= 0.6 is 15.9 Å². The van der Waals surface area contributed by atoms with Gasteiger partial charge >= 0.3 is 0 Å². The lowest BCUT2D eigenvalue weighted by atomic mass is 9.70. The standard InChI is InChI=1S/C13H24BrN/c1-2-12-4-8-15(9-5-12)11-13(10-14)6-3-7-13/h12H,2-11H2,1H3. The number of piperidine rings is 1. The summed E-state index contributed by atoms with van der Waals surface area (Å²) in [6.45, 7) is 6.40. The summed E-state index contributed by atoms with van der Waals surface area (Å²) >= 11 is 3.71. The van der Waals surface area contributed by atoms with E-state index in [1.165, 1.54) is 63.5 Å². The number of rotatable bonds is 4. The van der Waals surface area contributed by atoms with E-state index in [1.54, 1.807) is 0 Å². The molecular weight excluding hydrogens is 250 g/mol. The molecule has 2 fully saturated rings. The van der Waals surface area contributed by atoms with Crippen LogP contribution in [-0.2, 0) is 0 Å². The molecule has 0 aromatic carbocycles. The second kappa shape index (κ2) is 5.18. The highest BCUT2D eigenvalue weighted by Crippen LogP contribution is 2.43. The molecule has 0 aromatic heterocycles. The van der Waals surface area contributed by atoms with Crippen molar-refractivity contribution in [2.75, 3.05) is 25.0 Å². The Morgan fingerprint density at radius 1 is 1.27 bits per heavy atom. The van der Waals surface area contributed by atoms with Crippen molar-refractivity contribution in [2.45, 2.75) is 45.4 Å². The Hall–Kier alpha value is 0.440. The maximum Gasteiger partial charge on any atom is 0.0100 e. The number of hydrogen-bond donors (Lipinski definition) is 0. The molecule has 15 heavy (non-hydrogen) atoms. The average Bonchev–Trinajstić information content (AvgIpc) is 2.24. The van der Waals surface area contributed by atoms with Crippen molar-refractivity contribution >= 4 is 15.9 Å². The topological polar surface area (TPSA) is 3.24 Å². The monoisotopic (exact) mass is 273 g/mol. The predicted molar refractivity (Wildman–Crippen MR) is 69.5 cm³/mol. The summed E-state index contributed by atoms with van der Waals surface area (Å²) in [5, 5.41) is 1.22. The molecule has 2 aliphatic rings. The molecule has 0 amide bonds. The van der Waals surface area contributed by atoms with Gasteiger partial charge in [-0.1, -0.05) is 35.7 Å². The van der Waals surface area contributed by atoms with Crippen molar-refractivity contribution in [1.82, 2.24) is 4.90 Å². The average molecular weight is 274 g/mol. The van der Waals surface area contributed by atoms with Crippen LogP contribution in [0.5, 0.6) is 0 Å². The summed E-state index contributed by atoms with van der Waals surface area (Å²) in [6.07, 6.45) is 8.62. The first-order valence-electron chi connectivity index (χ1n) is 6.56. The second-order valence-electron chi connectivity index (χ2n) is 5.61. The first-order valence-corrected chi connectivity index (χ1v) is 7.68. The van der Waals surface area contributed by atoms with E-state index in [0.29, 0.717) is 5.41 Å². The third-order valence-electron chi connectivity index (χ3n) is 4.54. The Kier molecular flexibility index (Phi) is 4.11. The van der Waals surface area contributed by atoms with Gasteiger partial charge in [0.05, 0.1) is 0 Å². The Morgan fingerprint density at radius 3 is 2.33 bits per heavy atom. The maximum atomic E-state index is 3.71. The third-order valence-corrected chi connectivity index (χ3v) is 5.73. The van der Waals surface area contributed by atoms with Crippen molar-refractivity contribution in [3.8, 4) is 0 Å². The molecule has 2 heteroatoms. The van der Waals surface area contributed by atoms with E-state index >= 15 is 0 Å². The molecule has 1 aliphatic heterocycles. The number of likely N-dealkylation sites (tertiary alicyclic amines) is 1. The minimum absolute atomic E-state index is 0.652. The van der Waals surface area contributed by atoms with Crippen LogP contribution in [0.1, 0.15) is 45.4 Å². The molecular formula is C13H24BrN. The maximum absolute atomic E-state index is 3.71. The van der Waals surface area contributed by atoms with E-state index < -0.39 is 0 Å². The summed E-state index contributed by atoms with van der Waals surface area (Å²) in [7, 11) is 0. The van der Waals surface area contributed by atoms with Gasteiger partial charge in [-0.05, 0) is 50.1 Å². The van der Waals surface area contributed by atoms with Crippen LogP contribution in [0, 0.1) is 11.3 Å². The molecule has 0 atom stereocenters. The van der Waals surface area contributed by atoms with E-state index in [0.717, 1.165) is 5.92 Å². The second-order valence-corrected chi connectivity index (χ2v) is 6.18. The zero-order chi connectivity index (χ0) is 10.7. The molecule has 88 valence electrons. The highest BCUT2D eigenvalue weighted by molar-refractivity contribution is 9.09. The largest absolute Gasteiger partial charge is 0.303 e. The van der Waals surface area contributed by atoms with Gasteiger partial charge in [-0.2, -0.15) is 0 Å². The minimum Gasteiger partial charge on any atom is -0.303 e. The fourth-order valence-corrected chi connectivity index (χ4v) is 3.78. The summed E-state index contributed by atoms with van der Waals surface area (Å²) in [5.41, 5.74) is 0.652. The molecule has 0 aromatic rings. The van der Waals surface area contributed by atoms with Crippen LogP contribution in [0.2, 0.25) is 0 Å². The Morgan fingerprint density at radius 2 is 1.93 bits per heavy atom. The highest BCUT2D eigenvalue weighted by Gasteiger charge is 2.37. The Labute approximate surface area is 103 Å². The smallest absolute Gasteiger partial charge is 0.0100 e. The molecule has 1 saturated carbocycles. The fraction of sp³-hybridized carbons (Fsp3) is 1.00. The highest BCUT2D eigenvalue weighted by atomic mass is 79.9. The molecule has 1 heterocycles. The summed E-state index contributed by atoms with van der Waals surface area (Å²) in [5.74, 6) is 1.02. The fourth-order valence-electron chi connectivity index (χ4n) is 3.04. The van der Waals surface area contributed by atoms with Crippen molar-refractivity contribution < 1.29 is 0 Å². The number of hydrogen-bond acceptors (Lipinski definition) is 1. The molecule has 2 rings (SSSR count). The van der Waals surface area contributed by atoms with E-state index in [2.05, 4.69) is 27.8 Å². The molecule has 0 bridgehead atoms. The predicted octanol–water partition coefficient (Wildman–Crippen LogP) is 3.67. The van der Waals surface area contributed by atoms with Crippen molar-refractivity contribution in [2.24, 2.45) is 11.3 Å². The van der Waals surface area contributed by atoms with Gasteiger partial charge in [0.1, 0.15) is 0 Å². The van der Waals surface area contributed by atoms with Gasteiger partial charge in [0.2, 0.25) is 0 Å². The van der Waals surface area contributed by atoms with Crippen molar-refractivity contribution in [1.29, 1.82) is 0 Å².